The van der Waals surface area contributed by atoms with E-state index < -0.39 is 19.8 Å². The molecule has 2 aromatic rings. The zero-order valence-electron chi connectivity index (χ0n) is 17.2. The van der Waals surface area contributed by atoms with Crippen LogP contribution in [0.1, 0.15) is 50.2 Å². The van der Waals surface area contributed by atoms with Gasteiger partial charge in [0.05, 0.1) is 0 Å². The molecule has 3 aliphatic rings. The molecule has 0 N–H and O–H groups in total. The Bertz CT molecular complexity index is 996. The fraction of sp³-hybridized carbons (Fsp3) is 0.346. The molecule has 2 unspecified atom stereocenters. The summed E-state index contributed by atoms with van der Waals surface area (Å²) in [5.74, 6) is 0.888. The Morgan fingerprint density at radius 2 is 1.69 bits per heavy atom. The number of rotatable bonds is 4. The number of hydrogen-bond donors (Lipinski definition) is 0. The summed E-state index contributed by atoms with van der Waals surface area (Å²) >= 11 is -2.98. The van der Waals surface area contributed by atoms with Crippen molar-refractivity contribution in [3.05, 3.63) is 75.1 Å². The Morgan fingerprint density at radius 1 is 0.966 bits per heavy atom. The first-order chi connectivity index (χ1) is 13.2. The van der Waals surface area contributed by atoms with Gasteiger partial charge in [-0.05, 0) is 0 Å². The van der Waals surface area contributed by atoms with Crippen molar-refractivity contribution in [2.75, 3.05) is 0 Å². The van der Waals surface area contributed by atoms with Gasteiger partial charge in [0.1, 0.15) is 0 Å². The van der Waals surface area contributed by atoms with Gasteiger partial charge in [0.2, 0.25) is 0 Å². The molecule has 0 radical (unpaired) electrons. The van der Waals surface area contributed by atoms with E-state index in [1.807, 2.05) is 0 Å². The van der Waals surface area contributed by atoms with Gasteiger partial charge in [0.25, 0.3) is 0 Å². The molecule has 3 heteroatoms. The monoisotopic (exact) mass is 503 g/mol. The number of allylic oxidation sites excluding steroid dienone is 4. The van der Waals surface area contributed by atoms with Gasteiger partial charge in [-0.25, -0.2) is 0 Å². The zero-order valence-corrected chi connectivity index (χ0v) is 21.3. The average Bonchev–Trinajstić information content (AvgIpc) is 3.47. The molecule has 0 amide bonds. The van der Waals surface area contributed by atoms with Crippen LogP contribution in [0.3, 0.4) is 0 Å². The average molecular weight is 506 g/mol. The second-order valence-electron chi connectivity index (χ2n) is 8.79. The van der Waals surface area contributed by atoms with Crippen molar-refractivity contribution in [3.63, 3.8) is 0 Å². The molecule has 0 heterocycles. The molecule has 153 valence electrons. The van der Waals surface area contributed by atoms with Gasteiger partial charge in [-0.1, -0.05) is 0 Å². The topological polar surface area (TPSA) is 0 Å². The predicted molar refractivity (Wildman–Crippen MR) is 129 cm³/mol. The Kier molecular flexibility index (Phi) is 7.25. The summed E-state index contributed by atoms with van der Waals surface area (Å²) in [5, 5.41) is 0. The van der Waals surface area contributed by atoms with E-state index in [9.17, 15) is 0 Å². The van der Waals surface area contributed by atoms with Gasteiger partial charge < -0.3 is 0 Å². The van der Waals surface area contributed by atoms with Crippen LogP contribution in [0.4, 0.5) is 0 Å². The fourth-order valence-electron chi connectivity index (χ4n) is 5.92. The minimum atomic E-state index is -2.98. The zero-order chi connectivity index (χ0) is 18.4. The van der Waals surface area contributed by atoms with E-state index in [0.29, 0.717) is 0 Å². The van der Waals surface area contributed by atoms with Crippen molar-refractivity contribution >= 4 is 32.3 Å². The van der Waals surface area contributed by atoms with Crippen LogP contribution < -0.4 is 3.27 Å². The molecule has 0 aromatic heterocycles. The molecule has 0 spiro atoms. The van der Waals surface area contributed by atoms with Crippen LogP contribution in [-0.4, -0.2) is 4.21 Å². The maximum atomic E-state index is 5.21. The molecular weight excluding hydrogens is 474 g/mol. The van der Waals surface area contributed by atoms with E-state index in [-0.39, 0.29) is 24.8 Å². The molecule has 5 rings (SSSR count). The van der Waals surface area contributed by atoms with Crippen molar-refractivity contribution in [3.8, 4) is 11.1 Å². The van der Waals surface area contributed by atoms with Crippen LogP contribution in [0.2, 0.25) is 3.63 Å². The number of fused-ring (bicyclic) bond motifs is 3. The Hall–Kier alpha value is -0.747. The SMILES string of the molecule is Cl.Cl.[CH2]=[Zr]([C]1=CC=CC1)([c]1cccc2c1Cc1ccccc1-2)[CH](C)C1CCCC1. The Labute approximate surface area is 192 Å². The third-order valence-electron chi connectivity index (χ3n) is 7.56. The Balaban J connectivity index is 0.00000120. The van der Waals surface area contributed by atoms with Gasteiger partial charge in [0, 0.05) is 0 Å². The second-order valence-corrected chi connectivity index (χ2v) is 18.7. The van der Waals surface area contributed by atoms with E-state index in [2.05, 4.69) is 67.6 Å². The molecule has 2 aromatic carbocycles. The first-order valence-corrected chi connectivity index (χ1v) is 16.2. The molecule has 1 fully saturated rings. The third-order valence-corrected chi connectivity index (χ3v) is 19.8. The van der Waals surface area contributed by atoms with E-state index in [4.69, 9.17) is 4.21 Å². The van der Waals surface area contributed by atoms with Crippen molar-refractivity contribution in [2.24, 2.45) is 5.92 Å². The number of halogens is 2. The van der Waals surface area contributed by atoms with Crippen LogP contribution in [0.25, 0.3) is 11.1 Å². The summed E-state index contributed by atoms with van der Waals surface area (Å²) in [7, 11) is 0. The van der Waals surface area contributed by atoms with Crippen LogP contribution >= 0.6 is 24.8 Å². The quantitative estimate of drug-likeness (QED) is 0.353. The normalized spacial score (nSPS) is 20.1. The molecule has 3 aliphatic carbocycles. The third kappa shape index (κ3) is 3.73. The van der Waals surface area contributed by atoms with Gasteiger partial charge in [-0.2, -0.15) is 0 Å². The summed E-state index contributed by atoms with van der Waals surface area (Å²) in [6.45, 7) is 2.57. The number of hydrogen-bond acceptors (Lipinski definition) is 0. The van der Waals surface area contributed by atoms with E-state index in [1.165, 1.54) is 42.4 Å². The summed E-state index contributed by atoms with van der Waals surface area (Å²) in [6.07, 6.45) is 15.0. The first-order valence-electron chi connectivity index (χ1n) is 10.6. The van der Waals surface area contributed by atoms with Crippen LogP contribution in [0.15, 0.2) is 64.0 Å². The van der Waals surface area contributed by atoms with Crippen molar-refractivity contribution in [1.29, 1.82) is 0 Å². The molecule has 0 bridgehead atoms. The first kappa shape index (κ1) is 22.9. The van der Waals surface area contributed by atoms with Crippen molar-refractivity contribution in [1.82, 2.24) is 0 Å². The molecule has 1 saturated carbocycles. The molecule has 29 heavy (non-hydrogen) atoms. The summed E-state index contributed by atoms with van der Waals surface area (Å²) in [5.41, 5.74) is 6.05. The standard InChI is InChI=1S/C13H9.C7H13.C5H5.CH2.2ClH.Zr/c1-3-7-12-10(5-1)9-11-6-2-4-8-13(11)12;1-2-7-5-3-4-6-7;1-2-4-5-3-1;;;;/h1-5,7-8H,9H2;2,7H,3-6H2,1H3;1-3H,4H2;1H2;2*1H;. The maximum absolute atomic E-state index is 5.21. The van der Waals surface area contributed by atoms with Crippen LogP contribution in [-0.2, 0) is 26.2 Å². The predicted octanol–water partition coefficient (Wildman–Crippen LogP) is 7.16. The van der Waals surface area contributed by atoms with Gasteiger partial charge in [0.15, 0.2) is 0 Å². The fourth-order valence-corrected chi connectivity index (χ4v) is 17.2. The van der Waals surface area contributed by atoms with Crippen molar-refractivity contribution < 1.29 is 19.8 Å². The molecule has 2 atom stereocenters. The van der Waals surface area contributed by atoms with Gasteiger partial charge >= 0.3 is 168 Å². The molecule has 0 aliphatic heterocycles. The Morgan fingerprint density at radius 3 is 2.41 bits per heavy atom. The minimum absolute atomic E-state index is 0. The number of benzene rings is 2. The summed E-state index contributed by atoms with van der Waals surface area (Å²) in [4.78, 5) is 0. The van der Waals surface area contributed by atoms with Crippen LogP contribution in [0, 0.1) is 5.92 Å². The summed E-state index contributed by atoms with van der Waals surface area (Å²) in [6, 6.07) is 16.1. The van der Waals surface area contributed by atoms with Gasteiger partial charge in [-0.15, -0.1) is 24.8 Å². The summed E-state index contributed by atoms with van der Waals surface area (Å²) < 4.78 is 9.39. The molecule has 0 saturated heterocycles. The molecular formula is C26H31Cl2Zr. The van der Waals surface area contributed by atoms with E-state index >= 15 is 0 Å². The van der Waals surface area contributed by atoms with Crippen LogP contribution in [0.5, 0.6) is 0 Å². The molecule has 0 nitrogen and oxygen atoms in total. The van der Waals surface area contributed by atoms with Gasteiger partial charge in [-0.3, -0.25) is 0 Å². The second kappa shape index (κ2) is 9.17. The van der Waals surface area contributed by atoms with E-state index in [0.717, 1.165) is 22.4 Å². The van der Waals surface area contributed by atoms with Crippen molar-refractivity contribution in [2.45, 2.75) is 49.1 Å². The van der Waals surface area contributed by atoms with E-state index in [1.54, 1.807) is 12.1 Å².